The van der Waals surface area contributed by atoms with Crippen molar-refractivity contribution >= 4 is 11.6 Å². The number of hydrogen-bond donors (Lipinski definition) is 1. The van der Waals surface area contributed by atoms with Crippen LogP contribution in [-0.4, -0.2) is 25.0 Å². The topological polar surface area (TPSA) is 81.8 Å². The number of amides is 1. The summed E-state index contributed by atoms with van der Waals surface area (Å²) in [4.78, 5) is 33.9. The third-order valence-corrected chi connectivity index (χ3v) is 5.14. The minimum atomic E-state index is -0.270. The highest BCUT2D eigenvalue weighted by atomic mass is 16.2. The summed E-state index contributed by atoms with van der Waals surface area (Å²) in [5.74, 6) is 0.825. The van der Waals surface area contributed by atoms with Crippen LogP contribution in [0.25, 0.3) is 11.3 Å². The molecule has 29 heavy (non-hydrogen) atoms. The lowest BCUT2D eigenvalue weighted by atomic mass is 10.1. The first-order chi connectivity index (χ1) is 14.1. The number of aromatic nitrogens is 4. The van der Waals surface area contributed by atoms with Crippen LogP contribution in [0.5, 0.6) is 0 Å². The maximum atomic E-state index is 12.6. The number of aryl methyl sites for hydroxylation is 3. The maximum absolute atomic E-state index is 12.6. The maximum Gasteiger partial charge on any atom is 0.253 e. The van der Waals surface area contributed by atoms with E-state index in [1.54, 1.807) is 0 Å². The van der Waals surface area contributed by atoms with Gasteiger partial charge in [-0.25, -0.2) is 9.97 Å². The molecule has 1 N–H and O–H groups in total. The molecule has 2 aromatic heterocycles. The summed E-state index contributed by atoms with van der Waals surface area (Å²) >= 11 is 0. The second-order valence-corrected chi connectivity index (χ2v) is 7.38. The van der Waals surface area contributed by atoms with E-state index >= 15 is 0 Å². The molecule has 0 bridgehead atoms. The number of carbonyl (C=O) groups excluding carboxylic acids is 1. The van der Waals surface area contributed by atoms with Gasteiger partial charge in [0.2, 0.25) is 5.91 Å². The van der Waals surface area contributed by atoms with Crippen LogP contribution in [-0.2, 0) is 30.7 Å². The molecule has 7 heteroatoms. The van der Waals surface area contributed by atoms with Crippen molar-refractivity contribution < 1.29 is 4.79 Å². The van der Waals surface area contributed by atoms with Crippen LogP contribution in [0.1, 0.15) is 37.7 Å². The van der Waals surface area contributed by atoms with Gasteiger partial charge in [0.1, 0.15) is 12.4 Å². The average Bonchev–Trinajstić information content (AvgIpc) is 3.15. The van der Waals surface area contributed by atoms with Crippen molar-refractivity contribution in [1.82, 2.24) is 19.1 Å². The Balaban J connectivity index is 1.52. The van der Waals surface area contributed by atoms with Gasteiger partial charge in [-0.3, -0.25) is 14.2 Å². The molecule has 1 aromatic carbocycles. The second-order valence-electron chi connectivity index (χ2n) is 7.38. The number of nitrogens with one attached hydrogen (secondary N) is 1. The molecular formula is C22H25N5O2. The third kappa shape index (κ3) is 4.29. The highest BCUT2D eigenvalue weighted by molar-refractivity contribution is 5.94. The predicted octanol–water partition coefficient (Wildman–Crippen LogP) is 3.03. The van der Waals surface area contributed by atoms with E-state index in [0.717, 1.165) is 55.0 Å². The van der Waals surface area contributed by atoms with Gasteiger partial charge in [0.25, 0.3) is 5.56 Å². The van der Waals surface area contributed by atoms with Crippen molar-refractivity contribution in [2.75, 3.05) is 5.32 Å². The summed E-state index contributed by atoms with van der Waals surface area (Å²) in [6.45, 7) is 2.95. The fourth-order valence-electron chi connectivity index (χ4n) is 3.68. The van der Waals surface area contributed by atoms with Crippen LogP contribution in [0, 0.1) is 0 Å². The Morgan fingerprint density at radius 3 is 2.90 bits per heavy atom. The van der Waals surface area contributed by atoms with Crippen molar-refractivity contribution in [3.63, 3.8) is 0 Å². The molecule has 0 saturated heterocycles. The van der Waals surface area contributed by atoms with Gasteiger partial charge in [-0.2, -0.15) is 0 Å². The van der Waals surface area contributed by atoms with Gasteiger partial charge in [0.15, 0.2) is 0 Å². The van der Waals surface area contributed by atoms with Gasteiger partial charge in [0, 0.05) is 36.5 Å². The number of para-hydroxylation sites is 1. The van der Waals surface area contributed by atoms with Gasteiger partial charge < -0.3 is 9.88 Å². The van der Waals surface area contributed by atoms with Gasteiger partial charge in [0.05, 0.1) is 17.7 Å². The Labute approximate surface area is 169 Å². The quantitative estimate of drug-likeness (QED) is 0.700. The second kappa shape index (κ2) is 8.43. The smallest absolute Gasteiger partial charge is 0.253 e. The minimum Gasteiger partial charge on any atom is -0.334 e. The number of hydrogen-bond acceptors (Lipinski definition) is 4. The first-order valence-electron chi connectivity index (χ1n) is 10.1. The molecule has 0 radical (unpaired) electrons. The fraction of sp³-hybridized carbons (Fsp3) is 0.364. The zero-order valence-electron chi connectivity index (χ0n) is 16.6. The first-order valence-corrected chi connectivity index (χ1v) is 10.1. The number of fused-ring (bicyclic) bond motifs is 1. The van der Waals surface area contributed by atoms with Crippen molar-refractivity contribution in [3.8, 4) is 11.3 Å². The Bertz CT molecular complexity index is 1060. The number of benzene rings is 1. The van der Waals surface area contributed by atoms with E-state index in [1.807, 2.05) is 31.2 Å². The summed E-state index contributed by atoms with van der Waals surface area (Å²) in [5, 5.41) is 2.93. The molecular weight excluding hydrogens is 366 g/mol. The molecule has 1 amide bonds. The Hall–Kier alpha value is -3.22. The zero-order valence-corrected chi connectivity index (χ0v) is 16.6. The molecule has 0 spiro atoms. The van der Waals surface area contributed by atoms with Crippen LogP contribution in [0.4, 0.5) is 5.69 Å². The van der Waals surface area contributed by atoms with Crippen molar-refractivity contribution in [3.05, 3.63) is 64.7 Å². The van der Waals surface area contributed by atoms with E-state index < -0.39 is 0 Å². The summed E-state index contributed by atoms with van der Waals surface area (Å²) in [5.41, 5.74) is 2.97. The summed E-state index contributed by atoms with van der Waals surface area (Å²) < 4.78 is 3.52. The molecule has 0 aliphatic carbocycles. The van der Waals surface area contributed by atoms with Crippen molar-refractivity contribution in [2.45, 2.75) is 52.1 Å². The lowest BCUT2D eigenvalue weighted by Gasteiger charge is -2.11. The number of nitrogens with zero attached hydrogens (tertiary/aromatic N) is 4. The van der Waals surface area contributed by atoms with Crippen LogP contribution >= 0.6 is 0 Å². The van der Waals surface area contributed by atoms with Crippen LogP contribution in [0.3, 0.4) is 0 Å². The first kappa shape index (κ1) is 19.1. The van der Waals surface area contributed by atoms with Crippen molar-refractivity contribution in [2.24, 2.45) is 0 Å². The Morgan fingerprint density at radius 1 is 1.24 bits per heavy atom. The van der Waals surface area contributed by atoms with Gasteiger partial charge in [-0.05, 0) is 25.3 Å². The normalized spacial score (nSPS) is 13.1. The standard InChI is InChI=1S/C22H25N5O2/c1-2-7-16-12-22(29)27(15-23-16)14-21(28)25-18-9-4-3-8-17(18)19-13-26-11-6-5-10-20(26)24-19/h3-4,8-9,12-13,15H,2,5-7,10-11,14H2,1H3,(H,25,28). The molecule has 4 rings (SSSR count). The largest absolute Gasteiger partial charge is 0.334 e. The monoisotopic (exact) mass is 391 g/mol. The van der Waals surface area contributed by atoms with Crippen molar-refractivity contribution in [1.29, 1.82) is 0 Å². The van der Waals surface area contributed by atoms with E-state index in [4.69, 9.17) is 4.98 Å². The van der Waals surface area contributed by atoms with Crippen LogP contribution in [0.2, 0.25) is 0 Å². The van der Waals surface area contributed by atoms with E-state index in [-0.39, 0.29) is 18.0 Å². The molecule has 3 heterocycles. The van der Waals surface area contributed by atoms with E-state index in [9.17, 15) is 9.59 Å². The third-order valence-electron chi connectivity index (χ3n) is 5.14. The lowest BCUT2D eigenvalue weighted by molar-refractivity contribution is -0.116. The summed E-state index contributed by atoms with van der Waals surface area (Å²) in [7, 11) is 0. The molecule has 1 aliphatic heterocycles. The predicted molar refractivity (Wildman–Crippen MR) is 112 cm³/mol. The number of rotatable bonds is 6. The molecule has 7 nitrogen and oxygen atoms in total. The average molecular weight is 391 g/mol. The molecule has 0 saturated carbocycles. The molecule has 3 aromatic rings. The summed E-state index contributed by atoms with van der Waals surface area (Å²) in [6, 6.07) is 9.13. The number of imidazole rings is 1. The molecule has 0 fully saturated rings. The molecule has 1 aliphatic rings. The highest BCUT2D eigenvalue weighted by Gasteiger charge is 2.16. The molecule has 0 atom stereocenters. The Morgan fingerprint density at radius 2 is 2.10 bits per heavy atom. The number of anilines is 1. The fourth-order valence-corrected chi connectivity index (χ4v) is 3.68. The molecule has 150 valence electrons. The van der Waals surface area contributed by atoms with E-state index in [1.165, 1.54) is 23.4 Å². The zero-order chi connectivity index (χ0) is 20.2. The van der Waals surface area contributed by atoms with E-state index in [0.29, 0.717) is 5.69 Å². The lowest BCUT2D eigenvalue weighted by Crippen LogP contribution is -2.28. The minimum absolute atomic E-state index is 0.0771. The van der Waals surface area contributed by atoms with Gasteiger partial charge >= 0.3 is 0 Å². The van der Waals surface area contributed by atoms with Crippen LogP contribution in [0.15, 0.2) is 47.7 Å². The van der Waals surface area contributed by atoms with Gasteiger partial charge in [-0.15, -0.1) is 0 Å². The van der Waals surface area contributed by atoms with E-state index in [2.05, 4.69) is 21.1 Å². The summed E-state index contributed by atoms with van der Waals surface area (Å²) in [6.07, 6.45) is 8.49. The SMILES string of the molecule is CCCc1cc(=O)n(CC(=O)Nc2ccccc2-c2cn3c(n2)CCCC3)cn1. The van der Waals surface area contributed by atoms with Gasteiger partial charge in [-0.1, -0.05) is 31.5 Å². The highest BCUT2D eigenvalue weighted by Crippen LogP contribution is 2.28. The number of carbonyl (C=O) groups is 1. The molecule has 0 unspecified atom stereocenters. The van der Waals surface area contributed by atoms with Crippen LogP contribution < -0.4 is 10.9 Å². The Kier molecular flexibility index (Phi) is 5.55.